The Morgan fingerprint density at radius 1 is 1.11 bits per heavy atom. The highest BCUT2D eigenvalue weighted by Gasteiger charge is 2.19. The van der Waals surface area contributed by atoms with E-state index in [9.17, 15) is 0 Å². The summed E-state index contributed by atoms with van der Waals surface area (Å²) in [4.78, 5) is 6.96. The van der Waals surface area contributed by atoms with E-state index in [0.29, 0.717) is 0 Å². The molecule has 0 aromatic carbocycles. The highest BCUT2D eigenvalue weighted by atomic mass is 15.2. The summed E-state index contributed by atoms with van der Waals surface area (Å²) >= 11 is 0. The van der Waals surface area contributed by atoms with E-state index in [1.54, 1.807) is 0 Å². The van der Waals surface area contributed by atoms with E-state index < -0.39 is 0 Å². The van der Waals surface area contributed by atoms with Crippen molar-refractivity contribution in [1.82, 2.24) is 4.90 Å². The van der Waals surface area contributed by atoms with Crippen molar-refractivity contribution in [2.75, 3.05) is 19.6 Å². The van der Waals surface area contributed by atoms with Crippen molar-refractivity contribution < 1.29 is 0 Å². The van der Waals surface area contributed by atoms with Gasteiger partial charge in [-0.05, 0) is 37.5 Å². The smallest absolute Gasteiger partial charge is 0.191 e. The average molecular weight is 251 g/mol. The van der Waals surface area contributed by atoms with E-state index in [4.69, 9.17) is 5.73 Å². The molecule has 1 aliphatic carbocycles. The minimum absolute atomic E-state index is 0.777. The minimum Gasteiger partial charge on any atom is -0.370 e. The summed E-state index contributed by atoms with van der Waals surface area (Å²) in [6.45, 7) is 5.54. The molecule has 1 aliphatic heterocycles. The van der Waals surface area contributed by atoms with Crippen LogP contribution >= 0.6 is 0 Å². The van der Waals surface area contributed by atoms with Gasteiger partial charge < -0.3 is 10.6 Å². The van der Waals surface area contributed by atoms with Crippen molar-refractivity contribution in [3.8, 4) is 0 Å². The molecular formula is C15H29N3. The van der Waals surface area contributed by atoms with Gasteiger partial charge in [0.05, 0.1) is 0 Å². The Balaban J connectivity index is 1.79. The van der Waals surface area contributed by atoms with Crippen molar-refractivity contribution >= 4 is 5.96 Å². The fraction of sp³-hybridized carbons (Fsp3) is 0.933. The summed E-state index contributed by atoms with van der Waals surface area (Å²) < 4.78 is 0. The Hall–Kier alpha value is -0.730. The first-order chi connectivity index (χ1) is 8.75. The summed E-state index contributed by atoms with van der Waals surface area (Å²) in [5.74, 6) is 2.47. The van der Waals surface area contributed by atoms with Gasteiger partial charge in [-0.25, -0.2) is 0 Å². The van der Waals surface area contributed by atoms with Crippen LogP contribution in [0.3, 0.4) is 0 Å². The summed E-state index contributed by atoms with van der Waals surface area (Å²) in [5.41, 5.74) is 6.15. The molecule has 0 amide bonds. The molecule has 2 N–H and O–H groups in total. The monoisotopic (exact) mass is 251 g/mol. The van der Waals surface area contributed by atoms with E-state index in [2.05, 4.69) is 16.8 Å². The summed E-state index contributed by atoms with van der Waals surface area (Å²) in [7, 11) is 0. The number of aliphatic imine (C=N–C) groups is 1. The second kappa shape index (κ2) is 7.01. The zero-order valence-electron chi connectivity index (χ0n) is 11.9. The Kier molecular flexibility index (Phi) is 5.33. The maximum absolute atomic E-state index is 6.15. The van der Waals surface area contributed by atoms with Crippen LogP contribution < -0.4 is 5.73 Å². The second-order valence-corrected chi connectivity index (χ2v) is 6.24. The molecule has 0 aromatic rings. The molecule has 0 radical (unpaired) electrons. The van der Waals surface area contributed by atoms with Crippen molar-refractivity contribution in [2.45, 2.75) is 58.3 Å². The summed E-state index contributed by atoms with van der Waals surface area (Å²) in [6.07, 6.45) is 10.7. The zero-order valence-corrected chi connectivity index (χ0v) is 11.9. The number of nitrogens with two attached hydrogens (primary N) is 1. The lowest BCUT2D eigenvalue weighted by Crippen LogP contribution is -2.38. The topological polar surface area (TPSA) is 41.6 Å². The van der Waals surface area contributed by atoms with Crippen LogP contribution in [0.2, 0.25) is 0 Å². The number of guanidine groups is 1. The molecule has 104 valence electrons. The maximum atomic E-state index is 6.15. The number of nitrogens with zero attached hydrogens (tertiary/aromatic N) is 2. The third kappa shape index (κ3) is 4.18. The molecule has 2 aliphatic rings. The van der Waals surface area contributed by atoms with E-state index >= 15 is 0 Å². The summed E-state index contributed by atoms with van der Waals surface area (Å²) in [5, 5.41) is 0. The molecule has 2 atom stereocenters. The lowest BCUT2D eigenvalue weighted by atomic mass is 9.82. The van der Waals surface area contributed by atoms with Crippen LogP contribution in [0.4, 0.5) is 0 Å². The third-order valence-corrected chi connectivity index (χ3v) is 4.49. The van der Waals surface area contributed by atoms with Crippen LogP contribution in [-0.4, -0.2) is 30.5 Å². The van der Waals surface area contributed by atoms with Gasteiger partial charge in [0, 0.05) is 19.6 Å². The predicted molar refractivity (Wildman–Crippen MR) is 77.7 cm³/mol. The van der Waals surface area contributed by atoms with Crippen molar-refractivity contribution in [3.63, 3.8) is 0 Å². The van der Waals surface area contributed by atoms with Crippen LogP contribution in [0.5, 0.6) is 0 Å². The Morgan fingerprint density at radius 3 is 2.50 bits per heavy atom. The van der Waals surface area contributed by atoms with Gasteiger partial charge in [0.2, 0.25) is 0 Å². The molecule has 1 saturated carbocycles. The van der Waals surface area contributed by atoms with Crippen LogP contribution in [0.15, 0.2) is 4.99 Å². The molecule has 0 aromatic heterocycles. The van der Waals surface area contributed by atoms with Crippen LogP contribution in [0, 0.1) is 11.8 Å². The highest BCUT2D eigenvalue weighted by Crippen LogP contribution is 2.28. The van der Waals surface area contributed by atoms with Crippen LogP contribution in [-0.2, 0) is 0 Å². The lowest BCUT2D eigenvalue weighted by molar-refractivity contribution is 0.288. The van der Waals surface area contributed by atoms with Gasteiger partial charge in [-0.15, -0.1) is 0 Å². The van der Waals surface area contributed by atoms with Gasteiger partial charge in [-0.3, -0.25) is 4.99 Å². The van der Waals surface area contributed by atoms with E-state index in [0.717, 1.165) is 37.4 Å². The first-order valence-electron chi connectivity index (χ1n) is 7.80. The molecule has 3 nitrogen and oxygen atoms in total. The van der Waals surface area contributed by atoms with Gasteiger partial charge in [-0.1, -0.05) is 32.6 Å². The molecular weight excluding hydrogens is 222 g/mol. The van der Waals surface area contributed by atoms with E-state index in [1.165, 1.54) is 51.4 Å². The first-order valence-corrected chi connectivity index (χ1v) is 7.80. The standard InChI is InChI=1S/C15H29N3/c1-13-7-6-8-14(11-13)12-17-15(16)18-9-4-2-3-5-10-18/h13-14H,2-12H2,1H3,(H2,16,17). The van der Waals surface area contributed by atoms with Gasteiger partial charge in [0.25, 0.3) is 0 Å². The SMILES string of the molecule is CC1CCCC(CN=C(N)N2CCCCCC2)C1. The molecule has 18 heavy (non-hydrogen) atoms. The highest BCUT2D eigenvalue weighted by molar-refractivity contribution is 5.78. The summed E-state index contributed by atoms with van der Waals surface area (Å²) in [6, 6.07) is 0. The quantitative estimate of drug-likeness (QED) is 0.605. The fourth-order valence-electron chi connectivity index (χ4n) is 3.35. The molecule has 2 rings (SSSR count). The fourth-order valence-corrected chi connectivity index (χ4v) is 3.35. The average Bonchev–Trinajstić information content (AvgIpc) is 2.65. The molecule has 0 bridgehead atoms. The number of likely N-dealkylation sites (tertiary alicyclic amines) is 1. The van der Waals surface area contributed by atoms with Gasteiger partial charge in [0.15, 0.2) is 5.96 Å². The normalized spacial score (nSPS) is 31.2. The molecule has 2 unspecified atom stereocenters. The first kappa shape index (κ1) is 13.7. The van der Waals surface area contributed by atoms with Crippen LogP contribution in [0.25, 0.3) is 0 Å². The second-order valence-electron chi connectivity index (χ2n) is 6.24. The minimum atomic E-state index is 0.777. The largest absolute Gasteiger partial charge is 0.370 e. The number of hydrogen-bond acceptors (Lipinski definition) is 1. The zero-order chi connectivity index (χ0) is 12.8. The lowest BCUT2D eigenvalue weighted by Gasteiger charge is -2.26. The van der Waals surface area contributed by atoms with E-state index in [1.807, 2.05) is 0 Å². The van der Waals surface area contributed by atoms with Gasteiger partial charge in [0.1, 0.15) is 0 Å². The van der Waals surface area contributed by atoms with Gasteiger partial charge in [-0.2, -0.15) is 0 Å². The Labute approximate surface area is 112 Å². The number of hydrogen-bond donors (Lipinski definition) is 1. The Bertz CT molecular complexity index is 267. The molecule has 1 saturated heterocycles. The molecule has 2 fully saturated rings. The molecule has 3 heteroatoms. The maximum Gasteiger partial charge on any atom is 0.191 e. The van der Waals surface area contributed by atoms with E-state index in [-0.39, 0.29) is 0 Å². The van der Waals surface area contributed by atoms with Crippen molar-refractivity contribution in [1.29, 1.82) is 0 Å². The van der Waals surface area contributed by atoms with Crippen LogP contribution in [0.1, 0.15) is 58.3 Å². The number of rotatable bonds is 2. The molecule has 1 heterocycles. The third-order valence-electron chi connectivity index (χ3n) is 4.49. The Morgan fingerprint density at radius 2 is 1.83 bits per heavy atom. The van der Waals surface area contributed by atoms with Gasteiger partial charge >= 0.3 is 0 Å². The predicted octanol–water partition coefficient (Wildman–Crippen LogP) is 3.00. The molecule has 0 spiro atoms. The van der Waals surface area contributed by atoms with Crippen molar-refractivity contribution in [3.05, 3.63) is 0 Å². The van der Waals surface area contributed by atoms with Crippen molar-refractivity contribution in [2.24, 2.45) is 22.6 Å².